The second-order valence-electron chi connectivity index (χ2n) is 5.99. The highest BCUT2D eigenvalue weighted by molar-refractivity contribution is 7.85. The van der Waals surface area contributed by atoms with Crippen LogP contribution < -0.4 is 4.74 Å². The van der Waals surface area contributed by atoms with Gasteiger partial charge in [-0.15, -0.1) is 0 Å². The zero-order valence-electron chi connectivity index (χ0n) is 15.3. The molecule has 0 aliphatic rings. The standard InChI is InChI=1S/C21H26N2O2S/c1-2-23(15-7-17-26(24)21-8-4-3-5-9-21)14-6-16-25-20-12-10-19(18-22)11-13-20/h3-5,8-13H,2,6-7,14-17H2,1H3. The van der Waals surface area contributed by atoms with E-state index in [1.165, 1.54) is 0 Å². The van der Waals surface area contributed by atoms with Crippen LogP contribution in [0.2, 0.25) is 0 Å². The average Bonchev–Trinajstić information content (AvgIpc) is 2.70. The van der Waals surface area contributed by atoms with Gasteiger partial charge in [-0.1, -0.05) is 25.1 Å². The van der Waals surface area contributed by atoms with Gasteiger partial charge in [-0.25, -0.2) is 0 Å². The maximum absolute atomic E-state index is 12.2. The molecule has 0 N–H and O–H groups in total. The van der Waals surface area contributed by atoms with Gasteiger partial charge in [0.2, 0.25) is 0 Å². The largest absolute Gasteiger partial charge is 0.494 e. The number of rotatable bonds is 11. The van der Waals surface area contributed by atoms with Crippen LogP contribution in [0.4, 0.5) is 0 Å². The zero-order chi connectivity index (χ0) is 18.6. The summed E-state index contributed by atoms with van der Waals surface area (Å²) < 4.78 is 17.9. The van der Waals surface area contributed by atoms with Gasteiger partial charge in [-0.3, -0.25) is 4.21 Å². The van der Waals surface area contributed by atoms with Gasteiger partial charge < -0.3 is 9.64 Å². The van der Waals surface area contributed by atoms with E-state index in [2.05, 4.69) is 17.9 Å². The van der Waals surface area contributed by atoms with Crippen molar-refractivity contribution in [3.05, 3.63) is 60.2 Å². The van der Waals surface area contributed by atoms with Gasteiger partial charge >= 0.3 is 0 Å². The highest BCUT2D eigenvalue weighted by Gasteiger charge is 2.06. The fourth-order valence-electron chi connectivity index (χ4n) is 2.64. The Morgan fingerprint density at radius 3 is 2.38 bits per heavy atom. The number of ether oxygens (including phenoxy) is 1. The number of nitriles is 1. The molecule has 1 unspecified atom stereocenters. The molecule has 5 heteroatoms. The summed E-state index contributed by atoms with van der Waals surface area (Å²) in [5, 5.41) is 8.79. The monoisotopic (exact) mass is 370 g/mol. The van der Waals surface area contributed by atoms with Gasteiger partial charge in [0.1, 0.15) is 5.75 Å². The molecule has 0 saturated heterocycles. The molecule has 4 nitrogen and oxygen atoms in total. The first-order valence-electron chi connectivity index (χ1n) is 9.01. The van der Waals surface area contributed by atoms with E-state index in [1.807, 2.05) is 42.5 Å². The van der Waals surface area contributed by atoms with Crippen LogP contribution >= 0.6 is 0 Å². The third-order valence-electron chi connectivity index (χ3n) is 4.13. The molecule has 1 atom stereocenters. The molecule has 138 valence electrons. The molecule has 0 spiro atoms. The topological polar surface area (TPSA) is 53.3 Å². The van der Waals surface area contributed by atoms with Crippen LogP contribution in [0.25, 0.3) is 0 Å². The molecule has 0 heterocycles. The van der Waals surface area contributed by atoms with Crippen molar-refractivity contribution < 1.29 is 8.95 Å². The van der Waals surface area contributed by atoms with E-state index < -0.39 is 10.8 Å². The normalized spacial score (nSPS) is 11.9. The zero-order valence-corrected chi connectivity index (χ0v) is 16.1. The molecule has 0 aliphatic carbocycles. The molecule has 2 aromatic rings. The second kappa shape index (κ2) is 11.5. The number of benzene rings is 2. The van der Waals surface area contributed by atoms with Crippen molar-refractivity contribution >= 4 is 10.8 Å². The molecule has 26 heavy (non-hydrogen) atoms. The van der Waals surface area contributed by atoms with Crippen LogP contribution in [0.1, 0.15) is 25.3 Å². The second-order valence-corrected chi connectivity index (χ2v) is 7.56. The summed E-state index contributed by atoms with van der Waals surface area (Å²) in [7, 11) is -0.911. The number of hydrogen-bond acceptors (Lipinski definition) is 4. The smallest absolute Gasteiger partial charge is 0.119 e. The molecular formula is C21H26N2O2S. The molecule has 0 bridgehead atoms. The van der Waals surface area contributed by atoms with E-state index in [4.69, 9.17) is 10.00 Å². The van der Waals surface area contributed by atoms with Crippen LogP contribution in [-0.4, -0.2) is 41.1 Å². The van der Waals surface area contributed by atoms with Gasteiger partial charge in [0, 0.05) is 17.2 Å². The summed E-state index contributed by atoms with van der Waals surface area (Å²) in [6.45, 7) is 5.69. The molecule has 0 aromatic heterocycles. The lowest BCUT2D eigenvalue weighted by Crippen LogP contribution is -2.27. The summed E-state index contributed by atoms with van der Waals surface area (Å²) >= 11 is 0. The Bertz CT molecular complexity index is 711. The maximum atomic E-state index is 12.2. The van der Waals surface area contributed by atoms with Crippen molar-refractivity contribution in [2.24, 2.45) is 0 Å². The van der Waals surface area contributed by atoms with Crippen LogP contribution in [0.5, 0.6) is 5.75 Å². The molecule has 0 fully saturated rings. The SMILES string of the molecule is CCN(CCCOc1ccc(C#N)cc1)CCCS(=O)c1ccccc1. The van der Waals surface area contributed by atoms with Gasteiger partial charge in [-0.2, -0.15) is 5.26 Å². The molecule has 2 aromatic carbocycles. The Kier molecular flexibility index (Phi) is 8.88. The Labute approximate surface area is 158 Å². The summed E-state index contributed by atoms with van der Waals surface area (Å²) in [5.41, 5.74) is 0.641. The van der Waals surface area contributed by atoms with Crippen LogP contribution in [0.3, 0.4) is 0 Å². The summed E-state index contributed by atoms with van der Waals surface area (Å²) in [4.78, 5) is 3.27. The van der Waals surface area contributed by atoms with Crippen molar-refractivity contribution in [3.63, 3.8) is 0 Å². The van der Waals surface area contributed by atoms with E-state index >= 15 is 0 Å². The minimum atomic E-state index is -0.911. The Morgan fingerprint density at radius 2 is 1.73 bits per heavy atom. The average molecular weight is 371 g/mol. The van der Waals surface area contributed by atoms with Crippen molar-refractivity contribution in [1.29, 1.82) is 5.26 Å². The van der Waals surface area contributed by atoms with E-state index in [-0.39, 0.29) is 0 Å². The lowest BCUT2D eigenvalue weighted by atomic mass is 10.2. The van der Waals surface area contributed by atoms with Gasteiger partial charge in [-0.05, 0) is 62.3 Å². The fraction of sp³-hybridized carbons (Fsp3) is 0.381. The van der Waals surface area contributed by atoms with Crippen molar-refractivity contribution in [3.8, 4) is 11.8 Å². The quantitative estimate of drug-likeness (QED) is 0.564. The van der Waals surface area contributed by atoms with Crippen molar-refractivity contribution in [2.75, 3.05) is 32.0 Å². The molecule has 0 saturated carbocycles. The first-order chi connectivity index (χ1) is 12.7. The minimum absolute atomic E-state index is 0.641. The van der Waals surface area contributed by atoms with E-state index in [0.717, 1.165) is 43.1 Å². The van der Waals surface area contributed by atoms with Crippen LogP contribution in [0, 0.1) is 11.3 Å². The fourth-order valence-corrected chi connectivity index (χ4v) is 3.73. The summed E-state index contributed by atoms with van der Waals surface area (Å²) in [5.74, 6) is 1.49. The van der Waals surface area contributed by atoms with Gasteiger partial charge in [0.05, 0.1) is 29.0 Å². The Morgan fingerprint density at radius 1 is 1.04 bits per heavy atom. The van der Waals surface area contributed by atoms with E-state index in [1.54, 1.807) is 12.1 Å². The number of nitrogens with zero attached hydrogens (tertiary/aromatic N) is 2. The van der Waals surface area contributed by atoms with Gasteiger partial charge in [0.25, 0.3) is 0 Å². The van der Waals surface area contributed by atoms with E-state index in [9.17, 15) is 4.21 Å². The lowest BCUT2D eigenvalue weighted by Gasteiger charge is -2.20. The van der Waals surface area contributed by atoms with E-state index in [0.29, 0.717) is 17.9 Å². The predicted octanol–water partition coefficient (Wildman–Crippen LogP) is 3.85. The molecule has 2 rings (SSSR count). The predicted molar refractivity (Wildman–Crippen MR) is 106 cm³/mol. The summed E-state index contributed by atoms with van der Waals surface area (Å²) in [6, 6.07) is 18.9. The van der Waals surface area contributed by atoms with Crippen molar-refractivity contribution in [2.45, 2.75) is 24.7 Å². The van der Waals surface area contributed by atoms with Gasteiger partial charge in [0.15, 0.2) is 0 Å². The third-order valence-corrected chi connectivity index (χ3v) is 5.59. The third kappa shape index (κ3) is 6.99. The van der Waals surface area contributed by atoms with Crippen LogP contribution in [0.15, 0.2) is 59.5 Å². The Hall–Kier alpha value is -2.16. The molecule has 0 aliphatic heterocycles. The highest BCUT2D eigenvalue weighted by atomic mass is 32.2. The van der Waals surface area contributed by atoms with Crippen molar-refractivity contribution in [1.82, 2.24) is 4.90 Å². The maximum Gasteiger partial charge on any atom is 0.119 e. The molecular weight excluding hydrogens is 344 g/mol. The first-order valence-corrected chi connectivity index (χ1v) is 10.3. The number of hydrogen-bond donors (Lipinski definition) is 0. The Balaban J connectivity index is 1.62. The lowest BCUT2D eigenvalue weighted by molar-refractivity contribution is 0.242. The van der Waals surface area contributed by atoms with Crippen LogP contribution in [-0.2, 0) is 10.8 Å². The molecule has 0 radical (unpaired) electrons. The summed E-state index contributed by atoms with van der Waals surface area (Å²) in [6.07, 6.45) is 1.86. The molecule has 0 amide bonds. The minimum Gasteiger partial charge on any atom is -0.494 e. The first kappa shape index (κ1) is 20.2. The highest BCUT2D eigenvalue weighted by Crippen LogP contribution is 2.12.